The molecule has 0 aromatic carbocycles. The normalized spacial score (nSPS) is 16.0. The van der Waals surface area contributed by atoms with Crippen LogP contribution in [-0.4, -0.2) is 38.1 Å². The Balaban J connectivity index is 3.95. The monoisotopic (exact) mass is 214 g/mol. The summed E-state index contributed by atoms with van der Waals surface area (Å²) in [6, 6.07) is 0. The van der Waals surface area contributed by atoms with E-state index in [1.165, 1.54) is 13.0 Å². The minimum absolute atomic E-state index is 0.416. The average Bonchev–Trinajstić information content (AvgIpc) is 2.17. The predicted octanol–water partition coefficient (Wildman–Crippen LogP) is 2.60. The van der Waals surface area contributed by atoms with Gasteiger partial charge < -0.3 is 10.2 Å². The molecule has 2 heteroatoms. The molecular formula is C13H30N2. The van der Waals surface area contributed by atoms with Gasteiger partial charge in [-0.25, -0.2) is 0 Å². The largest absolute Gasteiger partial charge is 0.316 e. The molecule has 2 nitrogen and oxygen atoms in total. The summed E-state index contributed by atoms with van der Waals surface area (Å²) in [6.07, 6.45) is 1.24. The standard InChI is InChI=1S/C13H30N2/c1-7-13(5,11-15(6)8-2)10-14-9-12(3)4/h12,14H,7-11H2,1-6H3. The van der Waals surface area contributed by atoms with Gasteiger partial charge in [-0.1, -0.05) is 34.6 Å². The van der Waals surface area contributed by atoms with Gasteiger partial charge in [-0.2, -0.15) is 0 Å². The third-order valence-corrected chi connectivity index (χ3v) is 3.15. The smallest absolute Gasteiger partial charge is 0.00442 e. The topological polar surface area (TPSA) is 15.3 Å². The van der Waals surface area contributed by atoms with Gasteiger partial charge in [0.05, 0.1) is 0 Å². The second kappa shape index (κ2) is 7.24. The molecule has 0 aliphatic rings. The molecule has 0 aromatic heterocycles. The van der Waals surface area contributed by atoms with Crippen molar-refractivity contribution in [3.05, 3.63) is 0 Å². The summed E-state index contributed by atoms with van der Waals surface area (Å²) < 4.78 is 0. The first-order valence-electron chi connectivity index (χ1n) is 6.32. The molecular weight excluding hydrogens is 184 g/mol. The summed E-state index contributed by atoms with van der Waals surface area (Å²) in [6.45, 7) is 16.0. The molecule has 0 saturated heterocycles. The molecule has 0 aliphatic carbocycles. The van der Waals surface area contributed by atoms with E-state index in [4.69, 9.17) is 0 Å². The first-order chi connectivity index (χ1) is 6.93. The van der Waals surface area contributed by atoms with Crippen molar-refractivity contribution in [1.29, 1.82) is 0 Å². The van der Waals surface area contributed by atoms with Crippen molar-refractivity contribution < 1.29 is 0 Å². The van der Waals surface area contributed by atoms with E-state index in [0.717, 1.165) is 25.6 Å². The van der Waals surface area contributed by atoms with Crippen molar-refractivity contribution in [3.63, 3.8) is 0 Å². The summed E-state index contributed by atoms with van der Waals surface area (Å²) in [4.78, 5) is 2.40. The van der Waals surface area contributed by atoms with Crippen LogP contribution in [0.25, 0.3) is 0 Å². The molecule has 1 unspecified atom stereocenters. The zero-order valence-electron chi connectivity index (χ0n) is 11.6. The van der Waals surface area contributed by atoms with Crippen LogP contribution >= 0.6 is 0 Å². The van der Waals surface area contributed by atoms with Gasteiger partial charge in [-0.3, -0.25) is 0 Å². The quantitative estimate of drug-likeness (QED) is 0.668. The Morgan fingerprint density at radius 3 is 2.27 bits per heavy atom. The van der Waals surface area contributed by atoms with Crippen molar-refractivity contribution >= 4 is 0 Å². The maximum absolute atomic E-state index is 3.58. The van der Waals surface area contributed by atoms with E-state index in [9.17, 15) is 0 Å². The van der Waals surface area contributed by atoms with E-state index < -0.39 is 0 Å². The van der Waals surface area contributed by atoms with E-state index in [1.54, 1.807) is 0 Å². The minimum Gasteiger partial charge on any atom is -0.316 e. The predicted molar refractivity (Wildman–Crippen MR) is 69.3 cm³/mol. The maximum Gasteiger partial charge on any atom is 0.00442 e. The van der Waals surface area contributed by atoms with Crippen molar-refractivity contribution in [3.8, 4) is 0 Å². The summed E-state index contributed by atoms with van der Waals surface area (Å²) in [5, 5.41) is 3.58. The lowest BCUT2D eigenvalue weighted by Crippen LogP contribution is -2.41. The lowest BCUT2D eigenvalue weighted by Gasteiger charge is -2.33. The Morgan fingerprint density at radius 2 is 1.87 bits per heavy atom. The van der Waals surface area contributed by atoms with E-state index >= 15 is 0 Å². The molecule has 1 N–H and O–H groups in total. The number of hydrogen-bond donors (Lipinski definition) is 1. The number of nitrogens with one attached hydrogen (secondary N) is 1. The second-order valence-electron chi connectivity index (χ2n) is 5.52. The molecule has 0 amide bonds. The molecule has 0 fully saturated rings. The number of nitrogens with zero attached hydrogens (tertiary/aromatic N) is 1. The summed E-state index contributed by atoms with van der Waals surface area (Å²) >= 11 is 0. The molecule has 92 valence electrons. The van der Waals surface area contributed by atoms with Crippen LogP contribution in [0.5, 0.6) is 0 Å². The lowest BCUT2D eigenvalue weighted by atomic mass is 9.86. The van der Waals surface area contributed by atoms with Gasteiger partial charge in [0.2, 0.25) is 0 Å². The molecule has 0 aliphatic heterocycles. The van der Waals surface area contributed by atoms with Gasteiger partial charge in [0.1, 0.15) is 0 Å². The fraction of sp³-hybridized carbons (Fsp3) is 1.00. The van der Waals surface area contributed by atoms with Crippen LogP contribution < -0.4 is 5.32 Å². The van der Waals surface area contributed by atoms with Gasteiger partial charge in [-0.15, -0.1) is 0 Å². The highest BCUT2D eigenvalue weighted by atomic mass is 15.1. The third-order valence-electron chi connectivity index (χ3n) is 3.15. The Morgan fingerprint density at radius 1 is 1.27 bits per heavy atom. The Bertz CT molecular complexity index is 157. The van der Waals surface area contributed by atoms with Crippen LogP contribution in [0.4, 0.5) is 0 Å². The Hall–Kier alpha value is -0.0800. The van der Waals surface area contributed by atoms with Crippen LogP contribution in [-0.2, 0) is 0 Å². The molecule has 1 atom stereocenters. The summed E-state index contributed by atoms with van der Waals surface area (Å²) in [5.41, 5.74) is 0.416. The fourth-order valence-electron chi connectivity index (χ4n) is 1.72. The van der Waals surface area contributed by atoms with Crippen LogP contribution in [0.1, 0.15) is 41.0 Å². The third kappa shape index (κ3) is 6.91. The van der Waals surface area contributed by atoms with Gasteiger partial charge >= 0.3 is 0 Å². The molecule has 0 aromatic rings. The second-order valence-corrected chi connectivity index (χ2v) is 5.52. The van der Waals surface area contributed by atoms with Crippen LogP contribution in [0.3, 0.4) is 0 Å². The van der Waals surface area contributed by atoms with Gasteiger partial charge in [0.15, 0.2) is 0 Å². The zero-order valence-corrected chi connectivity index (χ0v) is 11.6. The van der Waals surface area contributed by atoms with E-state index in [-0.39, 0.29) is 0 Å². The van der Waals surface area contributed by atoms with Gasteiger partial charge in [0, 0.05) is 13.1 Å². The Labute approximate surface area is 96.4 Å². The summed E-state index contributed by atoms with van der Waals surface area (Å²) in [7, 11) is 2.20. The Kier molecular flexibility index (Phi) is 7.20. The van der Waals surface area contributed by atoms with Crippen LogP contribution in [0.2, 0.25) is 0 Å². The van der Waals surface area contributed by atoms with Crippen molar-refractivity contribution in [2.75, 3.05) is 33.2 Å². The van der Waals surface area contributed by atoms with Gasteiger partial charge in [0.25, 0.3) is 0 Å². The zero-order chi connectivity index (χ0) is 11.9. The van der Waals surface area contributed by atoms with Crippen molar-refractivity contribution in [2.24, 2.45) is 11.3 Å². The van der Waals surface area contributed by atoms with Crippen molar-refractivity contribution in [2.45, 2.75) is 41.0 Å². The van der Waals surface area contributed by atoms with Gasteiger partial charge in [-0.05, 0) is 37.9 Å². The number of hydrogen-bond acceptors (Lipinski definition) is 2. The van der Waals surface area contributed by atoms with E-state index in [1.807, 2.05) is 0 Å². The molecule has 0 saturated carbocycles. The fourth-order valence-corrected chi connectivity index (χ4v) is 1.72. The first-order valence-corrected chi connectivity index (χ1v) is 6.32. The highest BCUT2D eigenvalue weighted by molar-refractivity contribution is 4.78. The molecule has 0 bridgehead atoms. The highest BCUT2D eigenvalue weighted by Gasteiger charge is 2.22. The highest BCUT2D eigenvalue weighted by Crippen LogP contribution is 2.20. The van der Waals surface area contributed by atoms with E-state index in [0.29, 0.717) is 5.41 Å². The first kappa shape index (κ1) is 14.9. The SMILES string of the molecule is CCN(C)CC(C)(CC)CNCC(C)C. The average molecular weight is 214 g/mol. The van der Waals surface area contributed by atoms with Crippen LogP contribution in [0.15, 0.2) is 0 Å². The molecule has 0 heterocycles. The minimum atomic E-state index is 0.416. The molecule has 15 heavy (non-hydrogen) atoms. The van der Waals surface area contributed by atoms with Crippen LogP contribution in [0, 0.1) is 11.3 Å². The number of rotatable bonds is 8. The van der Waals surface area contributed by atoms with E-state index in [2.05, 4.69) is 51.9 Å². The lowest BCUT2D eigenvalue weighted by molar-refractivity contribution is 0.184. The molecule has 0 rings (SSSR count). The van der Waals surface area contributed by atoms with Crippen molar-refractivity contribution in [1.82, 2.24) is 10.2 Å². The molecule has 0 radical (unpaired) electrons. The maximum atomic E-state index is 3.58. The molecule has 0 spiro atoms. The summed E-state index contributed by atoms with van der Waals surface area (Å²) in [5.74, 6) is 0.745.